The topological polar surface area (TPSA) is 75.7 Å². The lowest BCUT2D eigenvalue weighted by Crippen LogP contribution is -2.33. The molecule has 0 aromatic heterocycles. The van der Waals surface area contributed by atoms with Crippen LogP contribution in [-0.4, -0.2) is 27.5 Å². The van der Waals surface area contributed by atoms with Gasteiger partial charge in [0.2, 0.25) is 0 Å². The van der Waals surface area contributed by atoms with E-state index in [0.717, 1.165) is 33.3 Å². The number of sulfonamides is 1. The fraction of sp³-hybridized carbons (Fsp3) is 0.208. The van der Waals surface area contributed by atoms with E-state index in [1.54, 1.807) is 29.2 Å². The summed E-state index contributed by atoms with van der Waals surface area (Å²) < 4.78 is 34.6. The monoisotopic (exact) mass is 514 g/mol. The van der Waals surface area contributed by atoms with Gasteiger partial charge in [-0.1, -0.05) is 22.0 Å². The number of benzene rings is 3. The van der Waals surface area contributed by atoms with Gasteiger partial charge in [-0.05, 0) is 91.6 Å². The number of carbonyl (C=O) groups excluding carboxylic acids is 1. The highest BCUT2D eigenvalue weighted by atomic mass is 79.9. The Morgan fingerprint density at radius 2 is 1.72 bits per heavy atom. The quantitative estimate of drug-likeness (QED) is 0.510. The zero-order valence-electron chi connectivity index (χ0n) is 17.8. The lowest BCUT2D eigenvalue weighted by atomic mass is 10.1. The molecule has 4 rings (SSSR count). The molecule has 3 aromatic carbocycles. The molecule has 0 saturated heterocycles. The normalized spacial score (nSPS) is 13.0. The average Bonchev–Trinajstić information content (AvgIpc) is 3.14. The first-order valence-electron chi connectivity index (χ1n) is 10.1. The number of amides is 1. The molecule has 1 N–H and O–H groups in total. The van der Waals surface area contributed by atoms with Crippen molar-refractivity contribution in [3.63, 3.8) is 0 Å². The number of aryl methyl sites for hydroxylation is 2. The van der Waals surface area contributed by atoms with Crippen molar-refractivity contribution in [2.24, 2.45) is 0 Å². The molecule has 1 aliphatic rings. The maximum Gasteiger partial charge on any atom is 0.264 e. The van der Waals surface area contributed by atoms with E-state index in [1.807, 2.05) is 38.1 Å². The molecule has 0 radical (unpaired) electrons. The van der Waals surface area contributed by atoms with Gasteiger partial charge in [0.05, 0.1) is 4.90 Å². The van der Waals surface area contributed by atoms with Gasteiger partial charge in [-0.15, -0.1) is 0 Å². The van der Waals surface area contributed by atoms with Crippen molar-refractivity contribution in [2.75, 3.05) is 22.8 Å². The second kappa shape index (κ2) is 8.96. The highest BCUT2D eigenvalue weighted by Crippen LogP contribution is 2.30. The molecule has 1 amide bonds. The third kappa shape index (κ3) is 4.97. The molecule has 0 spiro atoms. The molecular formula is C24H23BrN2O4S. The van der Waals surface area contributed by atoms with E-state index in [2.05, 4.69) is 20.7 Å². The Hall–Kier alpha value is -2.84. The Morgan fingerprint density at radius 3 is 2.41 bits per heavy atom. The summed E-state index contributed by atoms with van der Waals surface area (Å²) in [5, 5.41) is 0. The van der Waals surface area contributed by atoms with Crippen LogP contribution in [0.3, 0.4) is 0 Å². The molecule has 0 bridgehead atoms. The first-order valence-corrected chi connectivity index (χ1v) is 12.4. The number of hydrogen-bond acceptors (Lipinski definition) is 4. The van der Waals surface area contributed by atoms with Crippen molar-refractivity contribution in [1.29, 1.82) is 0 Å². The third-order valence-electron chi connectivity index (χ3n) is 5.21. The molecule has 6 nitrogen and oxygen atoms in total. The molecule has 0 unspecified atom stereocenters. The van der Waals surface area contributed by atoms with E-state index < -0.39 is 10.0 Å². The zero-order chi connectivity index (χ0) is 22.9. The Morgan fingerprint density at radius 1 is 1.03 bits per heavy atom. The molecule has 0 saturated carbocycles. The van der Waals surface area contributed by atoms with Gasteiger partial charge >= 0.3 is 0 Å². The van der Waals surface area contributed by atoms with Gasteiger partial charge in [-0.3, -0.25) is 9.52 Å². The van der Waals surface area contributed by atoms with Crippen LogP contribution in [0, 0.1) is 13.8 Å². The number of anilines is 2. The smallest absolute Gasteiger partial charge is 0.264 e. The fourth-order valence-corrected chi connectivity index (χ4v) is 5.26. The minimum Gasteiger partial charge on any atom is -0.484 e. The van der Waals surface area contributed by atoms with Crippen molar-refractivity contribution in [3.05, 3.63) is 81.8 Å². The summed E-state index contributed by atoms with van der Waals surface area (Å²) >= 11 is 3.45. The Labute approximate surface area is 196 Å². The summed E-state index contributed by atoms with van der Waals surface area (Å²) in [6.07, 6.45) is 0.806. The number of carbonyl (C=O) groups is 1. The summed E-state index contributed by atoms with van der Waals surface area (Å²) in [4.78, 5) is 14.5. The lowest BCUT2D eigenvalue weighted by molar-refractivity contribution is -0.120. The summed E-state index contributed by atoms with van der Waals surface area (Å²) in [7, 11) is -3.73. The Balaban J connectivity index is 1.39. The number of nitrogens with zero attached hydrogens (tertiary/aromatic N) is 1. The summed E-state index contributed by atoms with van der Waals surface area (Å²) in [5.41, 5.74) is 4.50. The van der Waals surface area contributed by atoms with Gasteiger partial charge in [0.25, 0.3) is 15.9 Å². The van der Waals surface area contributed by atoms with Crippen LogP contribution < -0.4 is 14.4 Å². The van der Waals surface area contributed by atoms with Crippen LogP contribution in [0.5, 0.6) is 5.75 Å². The largest absolute Gasteiger partial charge is 0.484 e. The number of hydrogen-bond donors (Lipinski definition) is 1. The highest BCUT2D eigenvalue weighted by Gasteiger charge is 2.25. The zero-order valence-corrected chi connectivity index (χ0v) is 20.2. The van der Waals surface area contributed by atoms with E-state index in [4.69, 9.17) is 4.74 Å². The van der Waals surface area contributed by atoms with Crippen molar-refractivity contribution >= 4 is 43.2 Å². The highest BCUT2D eigenvalue weighted by molar-refractivity contribution is 9.10. The van der Waals surface area contributed by atoms with Crippen LogP contribution >= 0.6 is 15.9 Å². The van der Waals surface area contributed by atoms with Gasteiger partial charge in [0.1, 0.15) is 5.75 Å². The summed E-state index contributed by atoms with van der Waals surface area (Å²) in [6.45, 7) is 4.33. The first-order chi connectivity index (χ1) is 15.2. The van der Waals surface area contributed by atoms with Crippen LogP contribution in [0.4, 0.5) is 11.4 Å². The van der Waals surface area contributed by atoms with Gasteiger partial charge in [0.15, 0.2) is 6.61 Å². The average molecular weight is 515 g/mol. The van der Waals surface area contributed by atoms with Gasteiger partial charge < -0.3 is 9.64 Å². The van der Waals surface area contributed by atoms with Crippen LogP contribution in [0.1, 0.15) is 16.7 Å². The molecule has 32 heavy (non-hydrogen) atoms. The van der Waals surface area contributed by atoms with Crippen molar-refractivity contribution in [3.8, 4) is 5.75 Å². The van der Waals surface area contributed by atoms with E-state index >= 15 is 0 Å². The molecular weight excluding hydrogens is 492 g/mol. The number of ether oxygens (including phenoxy) is 1. The first kappa shape index (κ1) is 22.4. The molecule has 1 aliphatic heterocycles. The lowest BCUT2D eigenvalue weighted by Gasteiger charge is -2.18. The summed E-state index contributed by atoms with van der Waals surface area (Å²) in [5.74, 6) is 0.290. The maximum absolute atomic E-state index is 12.7. The van der Waals surface area contributed by atoms with E-state index in [0.29, 0.717) is 18.0 Å². The second-order valence-corrected chi connectivity index (χ2v) is 10.4. The van der Waals surface area contributed by atoms with Crippen molar-refractivity contribution in [2.45, 2.75) is 25.2 Å². The molecule has 166 valence electrons. The standard InChI is InChI=1S/C24H23BrN2O4S/c1-16-11-17(2)13-20(12-16)26-32(29,30)22-6-4-21(5-7-22)31-15-24(28)27-10-9-18-14-19(25)3-8-23(18)27/h3-8,11-14,26H,9-10,15H2,1-2H3. The minimum atomic E-state index is -3.73. The predicted molar refractivity (Wildman–Crippen MR) is 129 cm³/mol. The van der Waals surface area contributed by atoms with E-state index in [1.165, 1.54) is 12.1 Å². The molecule has 3 aromatic rings. The van der Waals surface area contributed by atoms with Crippen LogP contribution in [-0.2, 0) is 21.2 Å². The molecule has 0 fully saturated rings. The van der Waals surface area contributed by atoms with Gasteiger partial charge in [0, 0.05) is 22.4 Å². The van der Waals surface area contributed by atoms with Crippen LogP contribution in [0.2, 0.25) is 0 Å². The number of halogens is 1. The van der Waals surface area contributed by atoms with E-state index in [-0.39, 0.29) is 17.4 Å². The van der Waals surface area contributed by atoms with Gasteiger partial charge in [-0.25, -0.2) is 8.42 Å². The molecule has 0 aliphatic carbocycles. The molecule has 8 heteroatoms. The van der Waals surface area contributed by atoms with Crippen LogP contribution in [0.25, 0.3) is 0 Å². The molecule has 0 atom stereocenters. The molecule has 1 heterocycles. The third-order valence-corrected chi connectivity index (χ3v) is 7.10. The predicted octanol–water partition coefficient (Wildman–Crippen LogP) is 4.83. The Kier molecular flexibility index (Phi) is 6.26. The van der Waals surface area contributed by atoms with Crippen LogP contribution in [0.15, 0.2) is 70.0 Å². The maximum atomic E-state index is 12.7. The second-order valence-electron chi connectivity index (χ2n) is 7.81. The number of nitrogens with one attached hydrogen (secondary N) is 1. The van der Waals surface area contributed by atoms with E-state index in [9.17, 15) is 13.2 Å². The SMILES string of the molecule is Cc1cc(C)cc(NS(=O)(=O)c2ccc(OCC(=O)N3CCc4cc(Br)ccc43)cc2)c1. The van der Waals surface area contributed by atoms with Crippen molar-refractivity contribution in [1.82, 2.24) is 0 Å². The van der Waals surface area contributed by atoms with Gasteiger partial charge in [-0.2, -0.15) is 0 Å². The minimum absolute atomic E-state index is 0.120. The number of fused-ring (bicyclic) bond motifs is 1. The fourth-order valence-electron chi connectivity index (χ4n) is 3.82. The summed E-state index contributed by atoms with van der Waals surface area (Å²) in [6, 6.07) is 17.4. The Bertz CT molecular complexity index is 1250. The van der Waals surface area contributed by atoms with Crippen molar-refractivity contribution < 1.29 is 17.9 Å². The number of rotatable bonds is 6.